The number of unbranched alkanes of at least 4 members (excludes halogenated alkanes) is 1. The van der Waals surface area contributed by atoms with Gasteiger partial charge in [-0.1, -0.05) is 26.7 Å². The molecule has 1 heterocycles. The molecular weight excluding hydrogens is 216 g/mol. The van der Waals surface area contributed by atoms with Crippen LogP contribution in [-0.4, -0.2) is 42.8 Å². The monoisotopic (exact) mass is 242 g/mol. The summed E-state index contributed by atoms with van der Waals surface area (Å²) in [6, 6.07) is 0.163. The van der Waals surface area contributed by atoms with Gasteiger partial charge in [-0.05, 0) is 19.8 Å². The van der Waals surface area contributed by atoms with E-state index in [-0.39, 0.29) is 24.2 Å². The van der Waals surface area contributed by atoms with E-state index in [1.54, 1.807) is 7.11 Å². The molecule has 1 N–H and O–H groups in total. The average Bonchev–Trinajstić information content (AvgIpc) is 2.63. The van der Waals surface area contributed by atoms with Crippen LogP contribution in [0.1, 0.15) is 46.5 Å². The van der Waals surface area contributed by atoms with E-state index in [2.05, 4.69) is 19.2 Å². The van der Waals surface area contributed by atoms with Crippen molar-refractivity contribution in [3.63, 3.8) is 0 Å². The Morgan fingerprint density at radius 1 is 1.47 bits per heavy atom. The van der Waals surface area contributed by atoms with Crippen molar-refractivity contribution in [2.75, 3.05) is 13.7 Å². The topological polar surface area (TPSA) is 41.6 Å². The Morgan fingerprint density at radius 2 is 2.18 bits per heavy atom. The summed E-state index contributed by atoms with van der Waals surface area (Å²) in [5, 5.41) is 3.44. The van der Waals surface area contributed by atoms with E-state index in [0.717, 1.165) is 25.7 Å². The molecule has 3 unspecified atom stereocenters. The van der Waals surface area contributed by atoms with E-state index < -0.39 is 0 Å². The fourth-order valence-electron chi connectivity index (χ4n) is 2.49. The van der Waals surface area contributed by atoms with Crippen molar-refractivity contribution in [3.8, 4) is 0 Å². The van der Waals surface area contributed by atoms with E-state index >= 15 is 0 Å². The molecule has 0 aromatic carbocycles. The second kappa shape index (κ2) is 6.97. The highest BCUT2D eigenvalue weighted by atomic mass is 16.5. The summed E-state index contributed by atoms with van der Waals surface area (Å²) in [5.41, 5.74) is 0. The number of ether oxygens (including phenoxy) is 1. The SMILES string of the molecule is CCCCC1NC(CC)N(C(C)COC)C1=O. The molecule has 0 saturated carbocycles. The lowest BCUT2D eigenvalue weighted by molar-refractivity contribution is -0.133. The lowest BCUT2D eigenvalue weighted by Gasteiger charge is -2.29. The summed E-state index contributed by atoms with van der Waals surface area (Å²) < 4.78 is 5.15. The molecule has 0 bridgehead atoms. The van der Waals surface area contributed by atoms with Crippen LogP contribution in [0.15, 0.2) is 0 Å². The Kier molecular flexibility index (Phi) is 5.92. The van der Waals surface area contributed by atoms with Gasteiger partial charge in [0.2, 0.25) is 5.91 Å². The van der Waals surface area contributed by atoms with Gasteiger partial charge in [0.1, 0.15) is 0 Å². The maximum atomic E-state index is 12.3. The third-order valence-corrected chi connectivity index (χ3v) is 3.40. The van der Waals surface area contributed by atoms with Crippen LogP contribution in [0.2, 0.25) is 0 Å². The van der Waals surface area contributed by atoms with Crippen molar-refractivity contribution in [3.05, 3.63) is 0 Å². The molecule has 17 heavy (non-hydrogen) atoms. The molecule has 0 spiro atoms. The minimum Gasteiger partial charge on any atom is -0.383 e. The quantitative estimate of drug-likeness (QED) is 0.739. The lowest BCUT2D eigenvalue weighted by atomic mass is 10.1. The van der Waals surface area contributed by atoms with Gasteiger partial charge in [0, 0.05) is 7.11 Å². The third-order valence-electron chi connectivity index (χ3n) is 3.40. The van der Waals surface area contributed by atoms with Gasteiger partial charge in [-0.3, -0.25) is 10.1 Å². The number of nitrogens with zero attached hydrogens (tertiary/aromatic N) is 1. The molecule has 0 aromatic rings. The second-order valence-electron chi connectivity index (χ2n) is 4.84. The van der Waals surface area contributed by atoms with Crippen molar-refractivity contribution in [2.24, 2.45) is 0 Å². The molecule has 3 atom stereocenters. The number of nitrogens with one attached hydrogen (secondary N) is 1. The van der Waals surface area contributed by atoms with Crippen LogP contribution in [0.5, 0.6) is 0 Å². The molecule has 1 saturated heterocycles. The zero-order valence-electron chi connectivity index (χ0n) is 11.5. The first-order valence-corrected chi connectivity index (χ1v) is 6.72. The van der Waals surface area contributed by atoms with Crippen LogP contribution < -0.4 is 5.32 Å². The predicted octanol–water partition coefficient (Wildman–Crippen LogP) is 1.75. The first-order valence-electron chi connectivity index (χ1n) is 6.72. The molecule has 1 fully saturated rings. The minimum absolute atomic E-state index is 0.0132. The molecular formula is C13H26N2O2. The number of carbonyl (C=O) groups excluding carboxylic acids is 1. The Bertz CT molecular complexity index is 246. The van der Waals surface area contributed by atoms with Gasteiger partial charge in [0.05, 0.1) is 24.9 Å². The van der Waals surface area contributed by atoms with E-state index in [1.807, 2.05) is 11.8 Å². The summed E-state index contributed by atoms with van der Waals surface area (Å²) >= 11 is 0. The van der Waals surface area contributed by atoms with Crippen LogP contribution in [0.25, 0.3) is 0 Å². The summed E-state index contributed by atoms with van der Waals surface area (Å²) in [6.07, 6.45) is 4.31. The summed E-state index contributed by atoms with van der Waals surface area (Å²) in [5.74, 6) is 0.245. The molecule has 100 valence electrons. The Balaban J connectivity index is 2.64. The van der Waals surface area contributed by atoms with E-state index in [9.17, 15) is 4.79 Å². The number of carbonyl (C=O) groups is 1. The average molecular weight is 242 g/mol. The minimum atomic E-state index is 0.0132. The standard InChI is InChI=1S/C13H26N2O2/c1-5-7-8-11-13(16)15(10(3)9-17-4)12(6-2)14-11/h10-12,14H,5-9H2,1-4H3. The summed E-state index contributed by atoms with van der Waals surface area (Å²) in [7, 11) is 1.68. The normalized spacial score (nSPS) is 26.6. The zero-order chi connectivity index (χ0) is 12.8. The molecule has 0 radical (unpaired) electrons. The summed E-state index contributed by atoms with van der Waals surface area (Å²) in [4.78, 5) is 14.3. The van der Waals surface area contributed by atoms with Crippen molar-refractivity contribution >= 4 is 5.91 Å². The highest BCUT2D eigenvalue weighted by Gasteiger charge is 2.39. The fourth-order valence-corrected chi connectivity index (χ4v) is 2.49. The van der Waals surface area contributed by atoms with Gasteiger partial charge in [0.15, 0.2) is 0 Å². The van der Waals surface area contributed by atoms with Gasteiger partial charge < -0.3 is 9.64 Å². The Hall–Kier alpha value is -0.610. The number of hydrogen-bond acceptors (Lipinski definition) is 3. The van der Waals surface area contributed by atoms with Crippen molar-refractivity contribution < 1.29 is 9.53 Å². The van der Waals surface area contributed by atoms with Crippen molar-refractivity contribution in [2.45, 2.75) is 64.7 Å². The smallest absolute Gasteiger partial charge is 0.241 e. The molecule has 1 rings (SSSR count). The summed E-state index contributed by atoms with van der Waals surface area (Å²) in [6.45, 7) is 6.92. The van der Waals surface area contributed by atoms with Gasteiger partial charge in [0.25, 0.3) is 0 Å². The van der Waals surface area contributed by atoms with E-state index in [1.165, 1.54) is 0 Å². The third kappa shape index (κ3) is 3.42. The first kappa shape index (κ1) is 14.5. The molecule has 1 aliphatic heterocycles. The van der Waals surface area contributed by atoms with Gasteiger partial charge in [-0.25, -0.2) is 0 Å². The van der Waals surface area contributed by atoms with Crippen molar-refractivity contribution in [1.82, 2.24) is 10.2 Å². The molecule has 0 aromatic heterocycles. The molecule has 4 heteroatoms. The van der Waals surface area contributed by atoms with Crippen molar-refractivity contribution in [1.29, 1.82) is 0 Å². The van der Waals surface area contributed by atoms with E-state index in [0.29, 0.717) is 6.61 Å². The number of rotatable bonds is 7. The maximum absolute atomic E-state index is 12.3. The zero-order valence-corrected chi connectivity index (χ0v) is 11.5. The van der Waals surface area contributed by atoms with Crippen LogP contribution in [0.3, 0.4) is 0 Å². The number of amides is 1. The maximum Gasteiger partial charge on any atom is 0.241 e. The predicted molar refractivity (Wildman–Crippen MR) is 68.7 cm³/mol. The Morgan fingerprint density at radius 3 is 2.71 bits per heavy atom. The Labute approximate surface area is 105 Å². The fraction of sp³-hybridized carbons (Fsp3) is 0.923. The van der Waals surface area contributed by atoms with Crippen LogP contribution >= 0.6 is 0 Å². The highest BCUT2D eigenvalue weighted by Crippen LogP contribution is 2.20. The van der Waals surface area contributed by atoms with Crippen LogP contribution in [0.4, 0.5) is 0 Å². The second-order valence-corrected chi connectivity index (χ2v) is 4.84. The number of hydrogen-bond donors (Lipinski definition) is 1. The van der Waals surface area contributed by atoms with Gasteiger partial charge >= 0.3 is 0 Å². The molecule has 0 aliphatic carbocycles. The van der Waals surface area contributed by atoms with Crippen LogP contribution in [-0.2, 0) is 9.53 Å². The van der Waals surface area contributed by atoms with E-state index in [4.69, 9.17) is 4.74 Å². The molecule has 1 aliphatic rings. The molecule has 1 amide bonds. The van der Waals surface area contributed by atoms with Gasteiger partial charge in [-0.15, -0.1) is 0 Å². The van der Waals surface area contributed by atoms with Gasteiger partial charge in [-0.2, -0.15) is 0 Å². The first-order chi connectivity index (χ1) is 8.15. The number of methoxy groups -OCH3 is 1. The molecule has 4 nitrogen and oxygen atoms in total. The van der Waals surface area contributed by atoms with Crippen LogP contribution in [0, 0.1) is 0 Å². The lowest BCUT2D eigenvalue weighted by Crippen LogP contribution is -2.44. The largest absolute Gasteiger partial charge is 0.383 e. The highest BCUT2D eigenvalue weighted by molar-refractivity contribution is 5.84.